The second-order valence-electron chi connectivity index (χ2n) is 4.83. The zero-order valence-electron chi connectivity index (χ0n) is 10.2. The van der Waals surface area contributed by atoms with Crippen LogP contribution in [0.4, 0.5) is 0 Å². The maximum atomic E-state index is 11.3. The van der Waals surface area contributed by atoms with Crippen LogP contribution in [0.3, 0.4) is 0 Å². The van der Waals surface area contributed by atoms with Gasteiger partial charge >= 0.3 is 0 Å². The normalized spacial score (nSPS) is 26.0. The molecule has 1 aliphatic carbocycles. The highest BCUT2D eigenvalue weighted by Gasteiger charge is 2.26. The maximum absolute atomic E-state index is 11.3. The van der Waals surface area contributed by atoms with Crippen molar-refractivity contribution in [2.45, 2.75) is 50.1 Å². The molecular formula is C11H18N2O2S2. The summed E-state index contributed by atoms with van der Waals surface area (Å²) in [6.07, 6.45) is 7.13. The van der Waals surface area contributed by atoms with Crippen molar-refractivity contribution < 1.29 is 8.42 Å². The van der Waals surface area contributed by atoms with E-state index in [1.165, 1.54) is 30.8 Å². The summed E-state index contributed by atoms with van der Waals surface area (Å²) < 4.78 is 26.6. The Kier molecular flexibility index (Phi) is 3.82. The molecule has 17 heavy (non-hydrogen) atoms. The monoisotopic (exact) mass is 274 g/mol. The molecule has 0 bridgehead atoms. The van der Waals surface area contributed by atoms with Crippen LogP contribution in [0, 0.1) is 5.92 Å². The molecule has 1 aromatic rings. The Morgan fingerprint density at radius 2 is 2.18 bits per heavy atom. The third-order valence-electron chi connectivity index (χ3n) is 3.46. The van der Waals surface area contributed by atoms with E-state index in [2.05, 4.69) is 16.3 Å². The van der Waals surface area contributed by atoms with Gasteiger partial charge in [-0.1, -0.05) is 26.2 Å². The Bertz CT molecular complexity index is 481. The van der Waals surface area contributed by atoms with Gasteiger partial charge in [-0.3, -0.25) is 0 Å². The molecule has 0 spiro atoms. The topological polar surface area (TPSA) is 59.9 Å². The molecule has 6 heteroatoms. The Balaban J connectivity index is 2.15. The molecule has 4 nitrogen and oxygen atoms in total. The number of hydrogen-bond acceptors (Lipinski definition) is 5. The molecular weight excluding hydrogens is 256 g/mol. The van der Waals surface area contributed by atoms with E-state index in [9.17, 15) is 8.42 Å². The van der Waals surface area contributed by atoms with Gasteiger partial charge in [0.25, 0.3) is 5.16 Å². The molecule has 2 rings (SSSR count). The molecule has 0 amide bonds. The molecule has 0 aliphatic heterocycles. The maximum Gasteiger partial charge on any atom is 0.258 e. The van der Waals surface area contributed by atoms with E-state index >= 15 is 0 Å². The van der Waals surface area contributed by atoms with Gasteiger partial charge in [-0.15, -0.1) is 0 Å². The second-order valence-corrected chi connectivity index (χ2v) is 7.52. The zero-order chi connectivity index (χ0) is 12.5. The number of hydrogen-bond donors (Lipinski definition) is 0. The van der Waals surface area contributed by atoms with Crippen LogP contribution in [-0.2, 0) is 9.84 Å². The van der Waals surface area contributed by atoms with Crippen LogP contribution in [0.1, 0.15) is 50.0 Å². The van der Waals surface area contributed by atoms with Crippen LogP contribution < -0.4 is 0 Å². The van der Waals surface area contributed by atoms with E-state index in [0.29, 0.717) is 5.92 Å². The van der Waals surface area contributed by atoms with Crippen LogP contribution in [0.5, 0.6) is 0 Å². The van der Waals surface area contributed by atoms with Gasteiger partial charge in [-0.25, -0.2) is 13.4 Å². The van der Waals surface area contributed by atoms with E-state index < -0.39 is 9.84 Å². The van der Waals surface area contributed by atoms with Crippen molar-refractivity contribution in [3.8, 4) is 0 Å². The first-order valence-corrected chi connectivity index (χ1v) is 8.71. The molecule has 1 saturated carbocycles. The fraction of sp³-hybridized carbons (Fsp3) is 0.818. The fourth-order valence-corrected chi connectivity index (χ4v) is 4.10. The van der Waals surface area contributed by atoms with Crippen molar-refractivity contribution in [1.82, 2.24) is 9.36 Å². The summed E-state index contributed by atoms with van der Waals surface area (Å²) in [5.41, 5.74) is 0. The van der Waals surface area contributed by atoms with Crippen molar-refractivity contribution in [3.05, 3.63) is 5.01 Å². The molecule has 96 valence electrons. The van der Waals surface area contributed by atoms with Gasteiger partial charge in [0.1, 0.15) is 5.01 Å². The van der Waals surface area contributed by atoms with Gasteiger partial charge in [0.05, 0.1) is 0 Å². The molecule has 0 aromatic carbocycles. The van der Waals surface area contributed by atoms with Crippen LogP contribution in [0.2, 0.25) is 0 Å². The highest BCUT2D eigenvalue weighted by atomic mass is 32.2. The highest BCUT2D eigenvalue weighted by molar-refractivity contribution is 7.90. The first-order valence-electron chi connectivity index (χ1n) is 6.04. The highest BCUT2D eigenvalue weighted by Crippen LogP contribution is 2.38. The molecule has 1 aliphatic rings. The molecule has 1 heterocycles. The standard InChI is InChI=1S/C11H18N2O2S2/c1-3-8-5-4-6-9(7-8)10-12-11(13-16-10)17(2,14)15/h8-9H,3-7H2,1-2H3. The Hall–Kier alpha value is -0.490. The lowest BCUT2D eigenvalue weighted by molar-refractivity contribution is 0.313. The van der Waals surface area contributed by atoms with Gasteiger partial charge in [0.15, 0.2) is 0 Å². The predicted molar refractivity (Wildman–Crippen MR) is 68.0 cm³/mol. The van der Waals surface area contributed by atoms with Gasteiger partial charge in [0.2, 0.25) is 9.84 Å². The van der Waals surface area contributed by atoms with Crippen molar-refractivity contribution in [2.24, 2.45) is 5.92 Å². The minimum atomic E-state index is -3.25. The Labute approximate surface area is 107 Å². The van der Waals surface area contributed by atoms with Crippen LogP contribution >= 0.6 is 11.5 Å². The van der Waals surface area contributed by atoms with Gasteiger partial charge in [-0.2, -0.15) is 4.37 Å². The predicted octanol–water partition coefficient (Wildman–Crippen LogP) is 2.63. The SMILES string of the molecule is CCC1CCCC(c2nc(S(C)(=O)=O)ns2)C1. The summed E-state index contributed by atoms with van der Waals surface area (Å²) in [5.74, 6) is 1.18. The van der Waals surface area contributed by atoms with E-state index in [4.69, 9.17) is 0 Å². The molecule has 1 aromatic heterocycles. The molecule has 2 unspecified atom stereocenters. The fourth-order valence-electron chi connectivity index (χ4n) is 2.42. The molecule has 0 saturated heterocycles. The molecule has 2 atom stereocenters. The lowest BCUT2D eigenvalue weighted by atomic mass is 9.80. The van der Waals surface area contributed by atoms with Gasteiger partial charge in [0, 0.05) is 12.2 Å². The molecule has 0 radical (unpaired) electrons. The summed E-state index contributed by atoms with van der Waals surface area (Å²) in [5, 5.41) is 0.902. The lowest BCUT2D eigenvalue weighted by Gasteiger charge is -2.26. The van der Waals surface area contributed by atoms with E-state index in [0.717, 1.165) is 30.0 Å². The molecule has 1 fully saturated rings. The number of aromatic nitrogens is 2. The number of nitrogens with zero attached hydrogens (tertiary/aromatic N) is 2. The Morgan fingerprint density at radius 1 is 1.41 bits per heavy atom. The minimum absolute atomic E-state index is 0.00359. The van der Waals surface area contributed by atoms with E-state index in [1.54, 1.807) is 0 Å². The summed E-state index contributed by atoms with van der Waals surface area (Å²) in [4.78, 5) is 4.19. The van der Waals surface area contributed by atoms with Gasteiger partial charge in [-0.05, 0) is 30.3 Å². The van der Waals surface area contributed by atoms with Crippen LogP contribution in [0.15, 0.2) is 5.16 Å². The zero-order valence-corrected chi connectivity index (χ0v) is 11.9. The number of sulfone groups is 1. The first kappa shape index (κ1) is 13.0. The summed E-state index contributed by atoms with van der Waals surface area (Å²) in [7, 11) is -3.25. The van der Waals surface area contributed by atoms with Crippen LogP contribution in [-0.4, -0.2) is 24.0 Å². The van der Waals surface area contributed by atoms with E-state index in [1.807, 2.05) is 0 Å². The third kappa shape index (κ3) is 3.04. The van der Waals surface area contributed by atoms with Gasteiger partial charge < -0.3 is 0 Å². The second kappa shape index (κ2) is 5.02. The largest absolute Gasteiger partial charge is 0.258 e. The first-order chi connectivity index (χ1) is 8.00. The van der Waals surface area contributed by atoms with Crippen molar-refractivity contribution in [1.29, 1.82) is 0 Å². The smallest absolute Gasteiger partial charge is 0.221 e. The molecule has 0 N–H and O–H groups in total. The number of rotatable bonds is 3. The van der Waals surface area contributed by atoms with Crippen molar-refractivity contribution in [3.63, 3.8) is 0 Å². The average Bonchev–Trinajstić information content (AvgIpc) is 2.78. The van der Waals surface area contributed by atoms with Crippen molar-refractivity contribution >= 4 is 21.4 Å². The third-order valence-corrected chi connectivity index (χ3v) is 5.30. The van der Waals surface area contributed by atoms with Crippen LogP contribution in [0.25, 0.3) is 0 Å². The minimum Gasteiger partial charge on any atom is -0.221 e. The quantitative estimate of drug-likeness (QED) is 0.850. The van der Waals surface area contributed by atoms with E-state index in [-0.39, 0.29) is 5.16 Å². The summed E-state index contributed by atoms with van der Waals surface area (Å²) >= 11 is 1.26. The Morgan fingerprint density at radius 3 is 2.76 bits per heavy atom. The summed E-state index contributed by atoms with van der Waals surface area (Å²) in [6.45, 7) is 2.22. The lowest BCUT2D eigenvalue weighted by Crippen LogP contribution is -2.13. The summed E-state index contributed by atoms with van der Waals surface area (Å²) in [6, 6.07) is 0. The van der Waals surface area contributed by atoms with Crippen molar-refractivity contribution in [2.75, 3.05) is 6.26 Å². The average molecular weight is 274 g/mol.